The minimum Gasteiger partial charge on any atom is -0.370 e. The highest BCUT2D eigenvalue weighted by Gasteiger charge is 2.18. The van der Waals surface area contributed by atoms with Gasteiger partial charge in [-0.3, -0.25) is 10.1 Å². The van der Waals surface area contributed by atoms with Crippen molar-refractivity contribution >= 4 is 23.3 Å². The van der Waals surface area contributed by atoms with Crippen molar-refractivity contribution < 1.29 is 4.92 Å². The van der Waals surface area contributed by atoms with E-state index in [0.29, 0.717) is 10.8 Å². The molecule has 0 spiro atoms. The molecular formula is C15H17N3O2S. The standard InChI is InChI=1S/C15H17N3O2S/c1-4-16-14-8-6-12(18(19)20)15(17-14)21-13-7-5-10(2)9-11(13)3/h5-9H,4H2,1-3H3,(H,16,17). The first kappa shape index (κ1) is 15.3. The van der Waals surface area contributed by atoms with Gasteiger partial charge in [-0.25, -0.2) is 4.98 Å². The molecule has 1 aromatic carbocycles. The predicted octanol–water partition coefficient (Wildman–Crippen LogP) is 4.19. The van der Waals surface area contributed by atoms with E-state index in [4.69, 9.17) is 0 Å². The zero-order valence-corrected chi connectivity index (χ0v) is 13.0. The van der Waals surface area contributed by atoms with Crippen LogP contribution in [0.25, 0.3) is 0 Å². The van der Waals surface area contributed by atoms with Crippen molar-refractivity contribution in [1.29, 1.82) is 0 Å². The van der Waals surface area contributed by atoms with E-state index in [1.165, 1.54) is 23.4 Å². The van der Waals surface area contributed by atoms with Gasteiger partial charge in [0.15, 0.2) is 5.03 Å². The zero-order chi connectivity index (χ0) is 15.4. The lowest BCUT2D eigenvalue weighted by molar-refractivity contribution is -0.388. The maximum atomic E-state index is 11.2. The van der Waals surface area contributed by atoms with E-state index in [1.807, 2.05) is 32.9 Å². The summed E-state index contributed by atoms with van der Waals surface area (Å²) in [5.41, 5.74) is 2.28. The number of hydrogen-bond acceptors (Lipinski definition) is 5. The molecule has 0 fully saturated rings. The Kier molecular flexibility index (Phi) is 4.80. The zero-order valence-electron chi connectivity index (χ0n) is 12.2. The molecule has 0 aliphatic carbocycles. The molecule has 0 aliphatic heterocycles. The predicted molar refractivity (Wildman–Crippen MR) is 85.1 cm³/mol. The molecule has 5 nitrogen and oxygen atoms in total. The van der Waals surface area contributed by atoms with Crippen molar-refractivity contribution in [1.82, 2.24) is 4.98 Å². The fourth-order valence-electron chi connectivity index (χ4n) is 1.94. The summed E-state index contributed by atoms with van der Waals surface area (Å²) >= 11 is 1.33. The average Bonchev–Trinajstić information content (AvgIpc) is 2.42. The van der Waals surface area contributed by atoms with Gasteiger partial charge in [-0.2, -0.15) is 0 Å². The maximum Gasteiger partial charge on any atom is 0.301 e. The summed E-state index contributed by atoms with van der Waals surface area (Å²) in [4.78, 5) is 16.1. The Morgan fingerprint density at radius 3 is 2.67 bits per heavy atom. The minimum atomic E-state index is -0.394. The molecule has 0 bridgehead atoms. The molecule has 2 aromatic rings. The van der Waals surface area contributed by atoms with Gasteiger partial charge in [0.1, 0.15) is 5.82 Å². The van der Waals surface area contributed by atoms with Gasteiger partial charge >= 0.3 is 5.69 Å². The number of aryl methyl sites for hydroxylation is 2. The Hall–Kier alpha value is -2.08. The molecule has 6 heteroatoms. The molecule has 110 valence electrons. The molecule has 0 unspecified atom stereocenters. The Balaban J connectivity index is 2.40. The van der Waals surface area contributed by atoms with E-state index in [1.54, 1.807) is 6.07 Å². The van der Waals surface area contributed by atoms with Crippen LogP contribution >= 0.6 is 11.8 Å². The number of pyridine rings is 1. The summed E-state index contributed by atoms with van der Waals surface area (Å²) in [6.45, 7) is 6.70. The van der Waals surface area contributed by atoms with Crippen LogP contribution < -0.4 is 5.32 Å². The fraction of sp³-hybridized carbons (Fsp3) is 0.267. The molecule has 21 heavy (non-hydrogen) atoms. The molecular weight excluding hydrogens is 286 g/mol. The third-order valence-corrected chi connectivity index (χ3v) is 4.10. The topological polar surface area (TPSA) is 68.1 Å². The number of rotatable bonds is 5. The van der Waals surface area contributed by atoms with E-state index >= 15 is 0 Å². The summed E-state index contributed by atoms with van der Waals surface area (Å²) in [5.74, 6) is 0.648. The van der Waals surface area contributed by atoms with Crippen molar-refractivity contribution in [3.05, 3.63) is 51.6 Å². The lowest BCUT2D eigenvalue weighted by Gasteiger charge is -2.08. The van der Waals surface area contributed by atoms with Crippen LogP contribution in [0.2, 0.25) is 0 Å². The summed E-state index contributed by atoms with van der Waals surface area (Å²) in [6.07, 6.45) is 0. The van der Waals surface area contributed by atoms with E-state index < -0.39 is 4.92 Å². The normalized spacial score (nSPS) is 10.4. The van der Waals surface area contributed by atoms with Gasteiger partial charge in [-0.15, -0.1) is 0 Å². The highest BCUT2D eigenvalue weighted by atomic mass is 32.2. The molecule has 0 saturated carbocycles. The summed E-state index contributed by atoms with van der Waals surface area (Å²) in [7, 11) is 0. The minimum absolute atomic E-state index is 0.0293. The number of hydrogen-bond donors (Lipinski definition) is 1. The molecule has 0 atom stereocenters. The number of benzene rings is 1. The van der Waals surface area contributed by atoms with Gasteiger partial charge in [0, 0.05) is 17.5 Å². The van der Waals surface area contributed by atoms with Crippen LogP contribution in [0.5, 0.6) is 0 Å². The molecule has 1 heterocycles. The molecule has 1 N–H and O–H groups in total. The second-order valence-corrected chi connectivity index (χ2v) is 5.71. The second-order valence-electron chi connectivity index (χ2n) is 4.68. The van der Waals surface area contributed by atoms with Crippen LogP contribution in [0, 0.1) is 24.0 Å². The van der Waals surface area contributed by atoms with Gasteiger partial charge in [0.25, 0.3) is 0 Å². The monoisotopic (exact) mass is 303 g/mol. The van der Waals surface area contributed by atoms with Gasteiger partial charge in [-0.05, 0) is 38.5 Å². The first-order valence-corrected chi connectivity index (χ1v) is 7.47. The average molecular weight is 303 g/mol. The number of nitro groups is 1. The number of anilines is 1. The molecule has 0 radical (unpaired) electrons. The highest BCUT2D eigenvalue weighted by Crippen LogP contribution is 2.35. The van der Waals surface area contributed by atoms with Crippen LogP contribution in [-0.2, 0) is 0 Å². The van der Waals surface area contributed by atoms with Gasteiger partial charge in [-0.1, -0.05) is 29.5 Å². The SMILES string of the molecule is CCNc1ccc([N+](=O)[O-])c(Sc2ccc(C)cc2C)n1. The Morgan fingerprint density at radius 1 is 1.29 bits per heavy atom. The van der Waals surface area contributed by atoms with Gasteiger partial charge < -0.3 is 5.32 Å². The van der Waals surface area contributed by atoms with E-state index in [0.717, 1.165) is 17.0 Å². The summed E-state index contributed by atoms with van der Waals surface area (Å²) in [5, 5.41) is 14.6. The summed E-state index contributed by atoms with van der Waals surface area (Å²) in [6, 6.07) is 9.16. The molecule has 0 aliphatic rings. The largest absolute Gasteiger partial charge is 0.370 e. The first-order chi connectivity index (χ1) is 10.0. The van der Waals surface area contributed by atoms with Crippen molar-refractivity contribution in [3.8, 4) is 0 Å². The Bertz CT molecular complexity index is 674. The third kappa shape index (κ3) is 3.72. The lowest BCUT2D eigenvalue weighted by Crippen LogP contribution is -2.01. The van der Waals surface area contributed by atoms with Gasteiger partial charge in [0.2, 0.25) is 0 Å². The van der Waals surface area contributed by atoms with Crippen molar-refractivity contribution in [2.45, 2.75) is 30.7 Å². The van der Waals surface area contributed by atoms with Gasteiger partial charge in [0.05, 0.1) is 4.92 Å². The van der Waals surface area contributed by atoms with E-state index in [-0.39, 0.29) is 5.69 Å². The maximum absolute atomic E-state index is 11.2. The quantitative estimate of drug-likeness (QED) is 0.662. The number of aromatic nitrogens is 1. The molecule has 0 amide bonds. The van der Waals surface area contributed by atoms with E-state index in [2.05, 4.69) is 16.4 Å². The highest BCUT2D eigenvalue weighted by molar-refractivity contribution is 7.99. The fourth-order valence-corrected chi connectivity index (χ4v) is 2.90. The van der Waals surface area contributed by atoms with Crippen LogP contribution in [0.15, 0.2) is 40.3 Å². The van der Waals surface area contributed by atoms with Crippen LogP contribution in [0.3, 0.4) is 0 Å². The van der Waals surface area contributed by atoms with Crippen LogP contribution in [0.1, 0.15) is 18.1 Å². The van der Waals surface area contributed by atoms with Crippen molar-refractivity contribution in [3.63, 3.8) is 0 Å². The van der Waals surface area contributed by atoms with E-state index in [9.17, 15) is 10.1 Å². The van der Waals surface area contributed by atoms with Crippen LogP contribution in [-0.4, -0.2) is 16.5 Å². The third-order valence-electron chi connectivity index (χ3n) is 2.93. The summed E-state index contributed by atoms with van der Waals surface area (Å²) < 4.78 is 0. The second kappa shape index (κ2) is 6.58. The molecule has 0 saturated heterocycles. The lowest BCUT2D eigenvalue weighted by atomic mass is 10.2. The first-order valence-electron chi connectivity index (χ1n) is 6.65. The molecule has 2 rings (SSSR count). The Labute approximate surface area is 127 Å². The number of nitrogens with one attached hydrogen (secondary N) is 1. The van der Waals surface area contributed by atoms with Crippen LogP contribution in [0.4, 0.5) is 11.5 Å². The smallest absolute Gasteiger partial charge is 0.301 e. The number of nitrogens with zero attached hydrogens (tertiary/aromatic N) is 2. The Morgan fingerprint density at radius 2 is 2.05 bits per heavy atom. The molecule has 1 aromatic heterocycles. The van der Waals surface area contributed by atoms with Crippen molar-refractivity contribution in [2.75, 3.05) is 11.9 Å². The van der Waals surface area contributed by atoms with Crippen molar-refractivity contribution in [2.24, 2.45) is 0 Å².